The van der Waals surface area contributed by atoms with Crippen LogP contribution in [0.1, 0.15) is 11.4 Å². The normalized spacial score (nSPS) is 10.5. The van der Waals surface area contributed by atoms with E-state index in [9.17, 15) is 5.11 Å². The second-order valence-corrected chi connectivity index (χ2v) is 3.87. The number of nitrogens with zero attached hydrogens (tertiary/aromatic N) is 2. The molecule has 0 unspecified atom stereocenters. The van der Waals surface area contributed by atoms with Gasteiger partial charge < -0.3 is 15.2 Å². The van der Waals surface area contributed by atoms with E-state index in [1.54, 1.807) is 12.1 Å². The molecule has 0 aliphatic carbocycles. The maximum absolute atomic E-state index is 9.62. The standard InChI is InChI=1S/C12H16N4O2/c1-18-11-3-2-9(6-10(11)17)7-13-5-4-12-14-8-15-16-12/h2-3,6,8,13,17H,4-5,7H2,1H3,(H,14,15,16). The van der Waals surface area contributed by atoms with E-state index in [-0.39, 0.29) is 5.75 Å². The third-order valence-corrected chi connectivity index (χ3v) is 2.58. The molecular weight excluding hydrogens is 232 g/mol. The van der Waals surface area contributed by atoms with Gasteiger partial charge in [-0.2, -0.15) is 5.10 Å². The van der Waals surface area contributed by atoms with Crippen molar-refractivity contribution in [3.8, 4) is 11.5 Å². The summed E-state index contributed by atoms with van der Waals surface area (Å²) >= 11 is 0. The number of benzene rings is 1. The van der Waals surface area contributed by atoms with Crippen LogP contribution in [-0.4, -0.2) is 33.9 Å². The molecule has 0 fully saturated rings. The van der Waals surface area contributed by atoms with Gasteiger partial charge in [0.2, 0.25) is 0 Å². The Kier molecular flexibility index (Phi) is 4.14. The van der Waals surface area contributed by atoms with Crippen molar-refractivity contribution in [3.05, 3.63) is 35.9 Å². The molecule has 1 aromatic carbocycles. The molecule has 6 heteroatoms. The first kappa shape index (κ1) is 12.4. The molecule has 18 heavy (non-hydrogen) atoms. The van der Waals surface area contributed by atoms with E-state index in [1.807, 2.05) is 6.07 Å². The van der Waals surface area contributed by atoms with Crippen molar-refractivity contribution in [2.75, 3.05) is 13.7 Å². The summed E-state index contributed by atoms with van der Waals surface area (Å²) < 4.78 is 4.98. The predicted octanol–water partition coefficient (Wildman–Crippen LogP) is 0.851. The molecule has 6 nitrogen and oxygen atoms in total. The molecule has 0 amide bonds. The van der Waals surface area contributed by atoms with Gasteiger partial charge in [-0.15, -0.1) is 0 Å². The zero-order valence-electron chi connectivity index (χ0n) is 10.2. The first-order valence-electron chi connectivity index (χ1n) is 5.70. The van der Waals surface area contributed by atoms with E-state index >= 15 is 0 Å². The zero-order valence-corrected chi connectivity index (χ0v) is 10.2. The lowest BCUT2D eigenvalue weighted by Crippen LogP contribution is -2.17. The largest absolute Gasteiger partial charge is 0.504 e. The van der Waals surface area contributed by atoms with Crippen LogP contribution >= 0.6 is 0 Å². The maximum Gasteiger partial charge on any atom is 0.160 e. The average Bonchev–Trinajstić information content (AvgIpc) is 2.88. The van der Waals surface area contributed by atoms with Crippen LogP contribution in [-0.2, 0) is 13.0 Å². The molecule has 1 aromatic heterocycles. The maximum atomic E-state index is 9.62. The summed E-state index contributed by atoms with van der Waals surface area (Å²) in [6.45, 7) is 1.48. The smallest absolute Gasteiger partial charge is 0.160 e. The number of nitrogens with one attached hydrogen (secondary N) is 2. The number of methoxy groups -OCH3 is 1. The zero-order chi connectivity index (χ0) is 12.8. The Morgan fingerprint density at radius 1 is 1.44 bits per heavy atom. The van der Waals surface area contributed by atoms with Gasteiger partial charge in [-0.25, -0.2) is 4.98 Å². The topological polar surface area (TPSA) is 83.1 Å². The Hall–Kier alpha value is -2.08. The lowest BCUT2D eigenvalue weighted by Gasteiger charge is -2.07. The second-order valence-electron chi connectivity index (χ2n) is 3.87. The van der Waals surface area contributed by atoms with Crippen molar-refractivity contribution in [1.29, 1.82) is 0 Å². The van der Waals surface area contributed by atoms with E-state index < -0.39 is 0 Å². The monoisotopic (exact) mass is 248 g/mol. The number of phenols is 1. The Morgan fingerprint density at radius 3 is 3.00 bits per heavy atom. The van der Waals surface area contributed by atoms with Crippen molar-refractivity contribution >= 4 is 0 Å². The van der Waals surface area contributed by atoms with Crippen LogP contribution in [0.5, 0.6) is 11.5 Å². The number of aromatic hydroxyl groups is 1. The minimum Gasteiger partial charge on any atom is -0.504 e. The SMILES string of the molecule is COc1ccc(CNCCc2ncn[nH]2)cc1O. The summed E-state index contributed by atoms with van der Waals surface area (Å²) in [5, 5.41) is 19.5. The Balaban J connectivity index is 1.78. The van der Waals surface area contributed by atoms with Crippen LogP contribution in [0.4, 0.5) is 0 Å². The van der Waals surface area contributed by atoms with Crippen LogP contribution < -0.4 is 10.1 Å². The van der Waals surface area contributed by atoms with Crippen molar-refractivity contribution in [3.63, 3.8) is 0 Å². The van der Waals surface area contributed by atoms with Gasteiger partial charge in [-0.1, -0.05) is 6.07 Å². The van der Waals surface area contributed by atoms with Crippen molar-refractivity contribution in [1.82, 2.24) is 20.5 Å². The molecule has 3 N–H and O–H groups in total. The van der Waals surface area contributed by atoms with Gasteiger partial charge in [0.15, 0.2) is 11.5 Å². The molecule has 0 saturated carbocycles. The number of phenolic OH excluding ortho intramolecular Hbond substituents is 1. The summed E-state index contributed by atoms with van der Waals surface area (Å²) in [6.07, 6.45) is 2.29. The Labute approximate surface area is 105 Å². The average molecular weight is 248 g/mol. The number of hydrogen-bond donors (Lipinski definition) is 3. The molecule has 2 aromatic rings. The molecular formula is C12H16N4O2. The van der Waals surface area contributed by atoms with Crippen molar-refractivity contribution in [2.24, 2.45) is 0 Å². The number of aromatic nitrogens is 3. The van der Waals surface area contributed by atoms with Crippen LogP contribution in [0.15, 0.2) is 24.5 Å². The minimum absolute atomic E-state index is 0.159. The molecule has 0 atom stereocenters. The lowest BCUT2D eigenvalue weighted by atomic mass is 10.2. The highest BCUT2D eigenvalue weighted by Gasteiger charge is 2.02. The first-order chi connectivity index (χ1) is 8.79. The molecule has 0 radical (unpaired) electrons. The summed E-state index contributed by atoms with van der Waals surface area (Å²) in [6, 6.07) is 5.36. The van der Waals surface area contributed by atoms with Gasteiger partial charge in [0, 0.05) is 19.5 Å². The Bertz CT molecular complexity index is 485. The lowest BCUT2D eigenvalue weighted by molar-refractivity contribution is 0.373. The van der Waals surface area contributed by atoms with Crippen LogP contribution in [0, 0.1) is 0 Å². The summed E-state index contributed by atoms with van der Waals surface area (Å²) in [5.74, 6) is 1.51. The minimum atomic E-state index is 0.159. The van der Waals surface area contributed by atoms with Crippen LogP contribution in [0.3, 0.4) is 0 Å². The molecule has 2 rings (SSSR count). The van der Waals surface area contributed by atoms with E-state index in [0.717, 1.165) is 24.4 Å². The highest BCUT2D eigenvalue weighted by atomic mass is 16.5. The Morgan fingerprint density at radius 2 is 2.33 bits per heavy atom. The molecule has 0 saturated heterocycles. The first-order valence-corrected chi connectivity index (χ1v) is 5.70. The fourth-order valence-electron chi connectivity index (χ4n) is 1.64. The molecule has 0 aliphatic rings. The predicted molar refractivity (Wildman–Crippen MR) is 66.5 cm³/mol. The van der Waals surface area contributed by atoms with Crippen LogP contribution in [0.25, 0.3) is 0 Å². The fourth-order valence-corrected chi connectivity index (χ4v) is 1.64. The summed E-state index contributed by atoms with van der Waals surface area (Å²) in [7, 11) is 1.53. The van der Waals surface area contributed by atoms with E-state index in [2.05, 4.69) is 20.5 Å². The summed E-state index contributed by atoms with van der Waals surface area (Å²) in [5.41, 5.74) is 1.01. The van der Waals surface area contributed by atoms with Gasteiger partial charge in [0.25, 0.3) is 0 Å². The van der Waals surface area contributed by atoms with Crippen molar-refractivity contribution in [2.45, 2.75) is 13.0 Å². The van der Waals surface area contributed by atoms with Gasteiger partial charge in [0.1, 0.15) is 12.2 Å². The highest BCUT2D eigenvalue weighted by molar-refractivity contribution is 5.41. The third kappa shape index (κ3) is 3.21. The number of ether oxygens (including phenoxy) is 1. The molecule has 0 spiro atoms. The molecule has 1 heterocycles. The number of H-pyrrole nitrogens is 1. The molecule has 0 aliphatic heterocycles. The molecule has 96 valence electrons. The van der Waals surface area contributed by atoms with E-state index in [4.69, 9.17) is 4.74 Å². The van der Waals surface area contributed by atoms with E-state index in [0.29, 0.717) is 12.3 Å². The fraction of sp³-hybridized carbons (Fsp3) is 0.333. The quantitative estimate of drug-likeness (QED) is 0.660. The third-order valence-electron chi connectivity index (χ3n) is 2.58. The number of hydrogen-bond acceptors (Lipinski definition) is 5. The summed E-state index contributed by atoms with van der Waals surface area (Å²) in [4.78, 5) is 4.03. The number of aromatic amines is 1. The number of rotatable bonds is 6. The van der Waals surface area contributed by atoms with Gasteiger partial charge >= 0.3 is 0 Å². The second kappa shape index (κ2) is 6.02. The van der Waals surface area contributed by atoms with E-state index in [1.165, 1.54) is 13.4 Å². The van der Waals surface area contributed by atoms with Crippen molar-refractivity contribution < 1.29 is 9.84 Å². The van der Waals surface area contributed by atoms with Gasteiger partial charge in [-0.3, -0.25) is 5.10 Å². The highest BCUT2D eigenvalue weighted by Crippen LogP contribution is 2.25. The van der Waals surface area contributed by atoms with Crippen LogP contribution in [0.2, 0.25) is 0 Å². The van der Waals surface area contributed by atoms with Gasteiger partial charge in [0.05, 0.1) is 7.11 Å². The van der Waals surface area contributed by atoms with Gasteiger partial charge in [-0.05, 0) is 17.7 Å². The molecule has 0 bridgehead atoms.